The number of benzene rings is 1. The molecule has 1 fully saturated rings. The second-order valence-corrected chi connectivity index (χ2v) is 8.71. The standard InChI is InChI=1S/C25H30N4OS/c1-16-12-17(2)14-20(13-16)29-18(3)15-21(19(29)4)24-23(22-8-6-7-9-26-22)27-25(31)28(24)10-11-30-5/h6-9,12-15,23-24H,10-11H2,1-5H3,(H,27,31)/t23-,24+/m1/s1. The number of ether oxygens (including phenoxy) is 1. The number of aryl methyl sites for hydroxylation is 3. The van der Waals surface area contributed by atoms with Crippen molar-refractivity contribution in [3.63, 3.8) is 0 Å². The summed E-state index contributed by atoms with van der Waals surface area (Å²) >= 11 is 5.74. The summed E-state index contributed by atoms with van der Waals surface area (Å²) in [7, 11) is 1.73. The average Bonchev–Trinajstić information content (AvgIpc) is 3.21. The fraction of sp³-hybridized carbons (Fsp3) is 0.360. The smallest absolute Gasteiger partial charge is 0.170 e. The maximum atomic E-state index is 5.74. The molecule has 3 heterocycles. The van der Waals surface area contributed by atoms with Crippen LogP contribution in [0, 0.1) is 27.7 Å². The van der Waals surface area contributed by atoms with Crippen molar-refractivity contribution < 1.29 is 4.74 Å². The lowest BCUT2D eigenvalue weighted by molar-refractivity contribution is 0.164. The van der Waals surface area contributed by atoms with Crippen molar-refractivity contribution in [3.8, 4) is 5.69 Å². The van der Waals surface area contributed by atoms with E-state index in [2.05, 4.69) is 77.8 Å². The van der Waals surface area contributed by atoms with Crippen molar-refractivity contribution >= 4 is 17.3 Å². The van der Waals surface area contributed by atoms with Crippen LogP contribution < -0.4 is 5.32 Å². The molecule has 1 aliphatic heterocycles. The summed E-state index contributed by atoms with van der Waals surface area (Å²) < 4.78 is 7.73. The van der Waals surface area contributed by atoms with Crippen molar-refractivity contribution in [2.45, 2.75) is 39.8 Å². The summed E-state index contributed by atoms with van der Waals surface area (Å²) in [5, 5.41) is 4.27. The van der Waals surface area contributed by atoms with Crippen LogP contribution >= 0.6 is 12.2 Å². The second kappa shape index (κ2) is 8.81. The van der Waals surface area contributed by atoms with Gasteiger partial charge in [0, 0.05) is 36.9 Å². The highest BCUT2D eigenvalue weighted by Gasteiger charge is 2.41. The third-order valence-electron chi connectivity index (χ3n) is 5.99. The minimum absolute atomic E-state index is 0.0150. The summed E-state index contributed by atoms with van der Waals surface area (Å²) in [5.74, 6) is 0. The highest BCUT2D eigenvalue weighted by atomic mass is 32.1. The molecule has 4 rings (SSSR count). The average molecular weight is 435 g/mol. The van der Waals surface area contributed by atoms with Gasteiger partial charge in [0.1, 0.15) is 0 Å². The van der Waals surface area contributed by atoms with Crippen LogP contribution in [0.4, 0.5) is 0 Å². The van der Waals surface area contributed by atoms with E-state index in [0.29, 0.717) is 6.61 Å². The van der Waals surface area contributed by atoms with E-state index in [-0.39, 0.29) is 12.1 Å². The molecule has 0 aliphatic carbocycles. The molecule has 0 bridgehead atoms. The van der Waals surface area contributed by atoms with Gasteiger partial charge in [-0.15, -0.1) is 0 Å². The van der Waals surface area contributed by atoms with E-state index >= 15 is 0 Å². The van der Waals surface area contributed by atoms with Crippen molar-refractivity contribution in [1.82, 2.24) is 19.8 Å². The summed E-state index contributed by atoms with van der Waals surface area (Å²) in [6, 6.07) is 15.1. The quantitative estimate of drug-likeness (QED) is 0.569. The normalized spacial score (nSPS) is 18.5. The molecule has 0 saturated carbocycles. The number of pyridine rings is 1. The lowest BCUT2D eigenvalue weighted by Crippen LogP contribution is -2.32. The fourth-order valence-electron chi connectivity index (χ4n) is 4.74. The van der Waals surface area contributed by atoms with Gasteiger partial charge in [0.25, 0.3) is 0 Å². The van der Waals surface area contributed by atoms with Gasteiger partial charge in [0.15, 0.2) is 5.11 Å². The number of thiocarbonyl (C=S) groups is 1. The highest BCUT2D eigenvalue weighted by Crippen LogP contribution is 2.41. The first kappa shape index (κ1) is 21.5. The number of hydrogen-bond acceptors (Lipinski definition) is 3. The molecular weight excluding hydrogens is 404 g/mol. The number of aromatic nitrogens is 2. The molecule has 31 heavy (non-hydrogen) atoms. The minimum Gasteiger partial charge on any atom is -0.383 e. The maximum Gasteiger partial charge on any atom is 0.170 e. The zero-order valence-corrected chi connectivity index (χ0v) is 19.7. The highest BCUT2D eigenvalue weighted by molar-refractivity contribution is 7.80. The van der Waals surface area contributed by atoms with Gasteiger partial charge in [0.2, 0.25) is 0 Å². The third kappa shape index (κ3) is 4.10. The predicted molar refractivity (Wildman–Crippen MR) is 129 cm³/mol. The van der Waals surface area contributed by atoms with Gasteiger partial charge in [-0.1, -0.05) is 12.1 Å². The van der Waals surface area contributed by atoms with Gasteiger partial charge in [0.05, 0.1) is 24.4 Å². The van der Waals surface area contributed by atoms with E-state index in [4.69, 9.17) is 17.0 Å². The minimum atomic E-state index is -0.0150. The van der Waals surface area contributed by atoms with Crippen molar-refractivity contribution in [1.29, 1.82) is 0 Å². The van der Waals surface area contributed by atoms with Crippen LogP contribution in [0.1, 0.15) is 45.9 Å². The van der Waals surface area contributed by atoms with E-state index in [0.717, 1.165) is 17.4 Å². The van der Waals surface area contributed by atoms with Crippen LogP contribution in [-0.4, -0.2) is 39.8 Å². The largest absolute Gasteiger partial charge is 0.383 e. The molecule has 0 unspecified atom stereocenters. The summed E-state index contributed by atoms with van der Waals surface area (Å²) in [6.45, 7) is 10.0. The van der Waals surface area contributed by atoms with Gasteiger partial charge < -0.3 is 19.5 Å². The molecule has 1 N–H and O–H groups in total. The molecule has 6 heteroatoms. The number of nitrogens with one attached hydrogen (secondary N) is 1. The Balaban J connectivity index is 1.83. The number of nitrogens with zero attached hydrogens (tertiary/aromatic N) is 3. The Labute approximate surface area is 190 Å². The van der Waals surface area contributed by atoms with E-state index in [1.165, 1.54) is 33.8 Å². The third-order valence-corrected chi connectivity index (χ3v) is 6.34. The van der Waals surface area contributed by atoms with Gasteiger partial charge in [-0.2, -0.15) is 0 Å². The van der Waals surface area contributed by atoms with E-state index in [9.17, 15) is 0 Å². The lowest BCUT2D eigenvalue weighted by Gasteiger charge is -2.28. The zero-order valence-electron chi connectivity index (χ0n) is 18.8. The summed E-state index contributed by atoms with van der Waals surface area (Å²) in [5.41, 5.74) is 8.41. The molecule has 5 nitrogen and oxygen atoms in total. The molecule has 0 radical (unpaired) electrons. The molecule has 1 saturated heterocycles. The van der Waals surface area contributed by atoms with Crippen LogP contribution in [0.5, 0.6) is 0 Å². The number of hydrogen-bond donors (Lipinski definition) is 1. The first-order valence-electron chi connectivity index (χ1n) is 10.6. The molecule has 0 spiro atoms. The van der Waals surface area contributed by atoms with Gasteiger partial charge in [-0.05, 0) is 86.9 Å². The molecule has 1 aromatic carbocycles. The first-order chi connectivity index (χ1) is 14.9. The first-order valence-corrected chi connectivity index (χ1v) is 11.1. The van der Waals surface area contributed by atoms with Gasteiger partial charge in [-0.25, -0.2) is 0 Å². The van der Waals surface area contributed by atoms with Crippen molar-refractivity contribution in [2.75, 3.05) is 20.3 Å². The topological polar surface area (TPSA) is 42.3 Å². The Morgan fingerprint density at radius 3 is 2.45 bits per heavy atom. The summed E-state index contributed by atoms with van der Waals surface area (Å²) in [4.78, 5) is 6.88. The van der Waals surface area contributed by atoms with Crippen LogP contribution in [0.2, 0.25) is 0 Å². The zero-order chi connectivity index (χ0) is 22.1. The van der Waals surface area contributed by atoms with E-state index in [1.807, 2.05) is 18.3 Å². The number of rotatable bonds is 6. The Morgan fingerprint density at radius 2 is 1.81 bits per heavy atom. The molecule has 0 amide bonds. The number of methoxy groups -OCH3 is 1. The molecule has 162 valence electrons. The van der Waals surface area contributed by atoms with Crippen LogP contribution in [0.25, 0.3) is 5.69 Å². The lowest BCUT2D eigenvalue weighted by atomic mass is 9.97. The van der Waals surface area contributed by atoms with Crippen molar-refractivity contribution in [3.05, 3.63) is 82.4 Å². The second-order valence-electron chi connectivity index (χ2n) is 8.32. The molecule has 1 aliphatic rings. The van der Waals surface area contributed by atoms with Crippen LogP contribution in [-0.2, 0) is 4.74 Å². The Bertz CT molecular complexity index is 1070. The molecule has 2 aromatic heterocycles. The van der Waals surface area contributed by atoms with E-state index < -0.39 is 0 Å². The van der Waals surface area contributed by atoms with Gasteiger partial charge in [-0.3, -0.25) is 4.98 Å². The van der Waals surface area contributed by atoms with E-state index in [1.54, 1.807) is 7.11 Å². The molecule has 2 atom stereocenters. The van der Waals surface area contributed by atoms with Gasteiger partial charge >= 0.3 is 0 Å². The predicted octanol–water partition coefficient (Wildman–Crippen LogP) is 4.72. The Hall–Kier alpha value is -2.70. The van der Waals surface area contributed by atoms with Crippen LogP contribution in [0.15, 0.2) is 48.7 Å². The molecule has 3 aromatic rings. The monoisotopic (exact) mass is 434 g/mol. The SMILES string of the molecule is COCCN1C(=S)N[C@H](c2ccccn2)[C@@H]1c1cc(C)n(-c2cc(C)cc(C)c2)c1C. The maximum absolute atomic E-state index is 5.74. The van der Waals surface area contributed by atoms with Crippen molar-refractivity contribution in [2.24, 2.45) is 0 Å². The summed E-state index contributed by atoms with van der Waals surface area (Å²) in [6.07, 6.45) is 1.84. The fourth-order valence-corrected chi connectivity index (χ4v) is 5.07. The molecular formula is C25H30N4OS. The Kier molecular flexibility index (Phi) is 6.12. The Morgan fingerprint density at radius 1 is 1.06 bits per heavy atom. The van der Waals surface area contributed by atoms with Crippen LogP contribution in [0.3, 0.4) is 0 Å².